The number of esters is 1. The van der Waals surface area contributed by atoms with Crippen molar-refractivity contribution in [3.8, 4) is 0 Å². The molecule has 0 fully saturated rings. The molecule has 1 N–H and O–H groups in total. The molecule has 108 valence electrons. The van der Waals surface area contributed by atoms with Gasteiger partial charge in [0.15, 0.2) is 4.34 Å². The van der Waals surface area contributed by atoms with Gasteiger partial charge in [-0.15, -0.1) is 0 Å². The molecule has 0 aliphatic carbocycles. The number of methoxy groups -OCH3 is 1. The molecule has 5 nitrogen and oxygen atoms in total. The van der Waals surface area contributed by atoms with Crippen LogP contribution in [0.4, 0.5) is 0 Å². The van der Waals surface area contributed by atoms with E-state index in [4.69, 9.17) is 4.74 Å². The fourth-order valence-electron chi connectivity index (χ4n) is 1.66. The predicted octanol–water partition coefficient (Wildman–Crippen LogP) is 2.12. The molecule has 19 heavy (non-hydrogen) atoms. The number of likely N-dealkylation sites (N-methyl/N-ethyl adjacent to an activating group) is 1. The van der Waals surface area contributed by atoms with Gasteiger partial charge in [0.2, 0.25) is 0 Å². The lowest BCUT2D eigenvalue weighted by molar-refractivity contribution is -0.147. The molecule has 0 amide bonds. The third-order valence-electron chi connectivity index (χ3n) is 2.80. The Hall–Kier alpha value is -0.660. The first-order valence-electron chi connectivity index (χ1n) is 6.34. The zero-order chi connectivity index (χ0) is 14.3. The van der Waals surface area contributed by atoms with E-state index in [1.54, 1.807) is 11.8 Å². The molecule has 1 heterocycles. The number of rotatable bonds is 8. The SMILES string of the molecule is CCNC(C)(CCSc1nc(CC)ns1)C(=O)OC. The van der Waals surface area contributed by atoms with E-state index in [1.165, 1.54) is 18.6 Å². The van der Waals surface area contributed by atoms with Gasteiger partial charge in [-0.2, -0.15) is 4.37 Å². The van der Waals surface area contributed by atoms with Gasteiger partial charge in [-0.25, -0.2) is 4.98 Å². The summed E-state index contributed by atoms with van der Waals surface area (Å²) < 4.78 is 10.1. The molecule has 1 aromatic rings. The van der Waals surface area contributed by atoms with Crippen molar-refractivity contribution in [3.63, 3.8) is 0 Å². The number of hydrogen-bond acceptors (Lipinski definition) is 7. The second-order valence-corrected chi connectivity index (χ2v) is 6.38. The fourth-order valence-corrected chi connectivity index (χ4v) is 3.59. The van der Waals surface area contributed by atoms with Crippen LogP contribution in [0.3, 0.4) is 0 Å². The summed E-state index contributed by atoms with van der Waals surface area (Å²) >= 11 is 3.05. The minimum absolute atomic E-state index is 0.221. The summed E-state index contributed by atoms with van der Waals surface area (Å²) in [7, 11) is 1.42. The Labute approximate surface area is 122 Å². The Bertz CT molecular complexity index is 411. The summed E-state index contributed by atoms with van der Waals surface area (Å²) in [5, 5.41) is 3.19. The van der Waals surface area contributed by atoms with Crippen LogP contribution in [-0.2, 0) is 16.0 Å². The number of nitrogens with zero attached hydrogens (tertiary/aromatic N) is 2. The zero-order valence-corrected chi connectivity index (χ0v) is 13.5. The number of nitrogens with one attached hydrogen (secondary N) is 1. The molecule has 0 spiro atoms. The lowest BCUT2D eigenvalue weighted by atomic mass is 9.99. The van der Waals surface area contributed by atoms with Crippen molar-refractivity contribution < 1.29 is 9.53 Å². The molecule has 1 rings (SSSR count). The van der Waals surface area contributed by atoms with Gasteiger partial charge in [0, 0.05) is 12.2 Å². The van der Waals surface area contributed by atoms with Gasteiger partial charge in [-0.05, 0) is 31.4 Å². The highest BCUT2D eigenvalue weighted by molar-refractivity contribution is 8.00. The first kappa shape index (κ1) is 16.4. The quantitative estimate of drug-likeness (QED) is 0.586. The van der Waals surface area contributed by atoms with E-state index < -0.39 is 5.54 Å². The number of carbonyl (C=O) groups excluding carboxylic acids is 1. The van der Waals surface area contributed by atoms with Gasteiger partial charge in [0.1, 0.15) is 11.4 Å². The van der Waals surface area contributed by atoms with E-state index >= 15 is 0 Å². The molecule has 1 aromatic heterocycles. The number of aryl methyl sites for hydroxylation is 1. The number of ether oxygens (including phenoxy) is 1. The summed E-state index contributed by atoms with van der Waals surface area (Å²) in [6.07, 6.45) is 1.55. The molecular weight excluding hydrogens is 282 g/mol. The first-order chi connectivity index (χ1) is 9.05. The van der Waals surface area contributed by atoms with Crippen molar-refractivity contribution in [3.05, 3.63) is 5.82 Å². The molecule has 1 unspecified atom stereocenters. The molecule has 0 saturated heterocycles. The Morgan fingerprint density at radius 1 is 1.53 bits per heavy atom. The third-order valence-corrected chi connectivity index (χ3v) is 4.67. The highest BCUT2D eigenvalue weighted by Gasteiger charge is 2.32. The van der Waals surface area contributed by atoms with Crippen LogP contribution in [0.15, 0.2) is 4.34 Å². The normalized spacial score (nSPS) is 14.1. The van der Waals surface area contributed by atoms with Gasteiger partial charge in [-0.3, -0.25) is 4.79 Å². The van der Waals surface area contributed by atoms with Gasteiger partial charge in [-0.1, -0.05) is 25.6 Å². The van der Waals surface area contributed by atoms with Gasteiger partial charge in [0.05, 0.1) is 7.11 Å². The van der Waals surface area contributed by atoms with E-state index in [2.05, 4.69) is 14.7 Å². The smallest absolute Gasteiger partial charge is 0.325 e. The Morgan fingerprint density at radius 3 is 2.79 bits per heavy atom. The van der Waals surface area contributed by atoms with Crippen LogP contribution in [0.2, 0.25) is 0 Å². The maximum absolute atomic E-state index is 11.8. The summed E-state index contributed by atoms with van der Waals surface area (Å²) in [6, 6.07) is 0. The average Bonchev–Trinajstić information content (AvgIpc) is 2.86. The van der Waals surface area contributed by atoms with Crippen LogP contribution in [0.1, 0.15) is 33.0 Å². The minimum Gasteiger partial charge on any atom is -0.468 e. The minimum atomic E-state index is -0.630. The number of aromatic nitrogens is 2. The third kappa shape index (κ3) is 4.74. The molecular formula is C12H21N3O2S2. The lowest BCUT2D eigenvalue weighted by Gasteiger charge is -2.27. The van der Waals surface area contributed by atoms with E-state index in [0.717, 1.165) is 28.9 Å². The summed E-state index contributed by atoms with van der Waals surface area (Å²) in [4.78, 5) is 16.2. The highest BCUT2D eigenvalue weighted by Crippen LogP contribution is 2.24. The standard InChI is InChI=1S/C12H21N3O2S2/c1-5-9-14-11(19-15-9)18-8-7-12(3,13-6-2)10(16)17-4/h13H,5-8H2,1-4H3. The molecule has 0 aliphatic rings. The van der Waals surface area contributed by atoms with E-state index in [0.29, 0.717) is 6.42 Å². The number of carbonyl (C=O) groups is 1. The molecule has 0 bridgehead atoms. The molecule has 7 heteroatoms. The van der Waals surface area contributed by atoms with Crippen LogP contribution in [0.5, 0.6) is 0 Å². The second-order valence-electron chi connectivity index (χ2n) is 4.28. The van der Waals surface area contributed by atoms with Crippen LogP contribution in [0.25, 0.3) is 0 Å². The molecule has 0 saturated carbocycles. The topological polar surface area (TPSA) is 64.1 Å². The largest absolute Gasteiger partial charge is 0.468 e. The van der Waals surface area contributed by atoms with Crippen LogP contribution >= 0.6 is 23.3 Å². The highest BCUT2D eigenvalue weighted by atomic mass is 32.2. The average molecular weight is 303 g/mol. The summed E-state index contributed by atoms with van der Waals surface area (Å²) in [6.45, 7) is 6.62. The Kier molecular flexibility index (Phi) is 6.74. The van der Waals surface area contributed by atoms with Crippen LogP contribution in [-0.4, -0.2) is 40.3 Å². The van der Waals surface area contributed by atoms with E-state index in [-0.39, 0.29) is 5.97 Å². The van der Waals surface area contributed by atoms with Crippen molar-refractivity contribution >= 4 is 29.3 Å². The van der Waals surface area contributed by atoms with Gasteiger partial charge < -0.3 is 10.1 Å². The molecule has 0 aliphatic heterocycles. The Balaban J connectivity index is 2.50. The van der Waals surface area contributed by atoms with Crippen LogP contribution < -0.4 is 5.32 Å². The summed E-state index contributed by atoms with van der Waals surface area (Å²) in [5.74, 6) is 1.47. The Morgan fingerprint density at radius 2 is 2.26 bits per heavy atom. The zero-order valence-electron chi connectivity index (χ0n) is 11.9. The second kappa shape index (κ2) is 7.81. The van der Waals surface area contributed by atoms with Crippen molar-refractivity contribution in [2.24, 2.45) is 0 Å². The van der Waals surface area contributed by atoms with E-state index in [1.807, 2.05) is 20.8 Å². The van der Waals surface area contributed by atoms with Crippen LogP contribution in [0, 0.1) is 0 Å². The molecule has 0 aromatic carbocycles. The summed E-state index contributed by atoms with van der Waals surface area (Å²) in [5.41, 5.74) is -0.630. The maximum Gasteiger partial charge on any atom is 0.325 e. The molecule has 1 atom stereocenters. The van der Waals surface area contributed by atoms with Crippen molar-refractivity contribution in [1.29, 1.82) is 0 Å². The fraction of sp³-hybridized carbons (Fsp3) is 0.750. The number of hydrogen-bond donors (Lipinski definition) is 1. The molecule has 0 radical (unpaired) electrons. The van der Waals surface area contributed by atoms with Crippen molar-refractivity contribution in [2.75, 3.05) is 19.4 Å². The van der Waals surface area contributed by atoms with Gasteiger partial charge >= 0.3 is 5.97 Å². The first-order valence-corrected chi connectivity index (χ1v) is 8.10. The van der Waals surface area contributed by atoms with Crippen molar-refractivity contribution in [1.82, 2.24) is 14.7 Å². The lowest BCUT2D eigenvalue weighted by Crippen LogP contribution is -2.50. The van der Waals surface area contributed by atoms with E-state index in [9.17, 15) is 4.79 Å². The number of thioether (sulfide) groups is 1. The predicted molar refractivity (Wildman–Crippen MR) is 78.7 cm³/mol. The monoisotopic (exact) mass is 303 g/mol. The van der Waals surface area contributed by atoms with Gasteiger partial charge in [0.25, 0.3) is 0 Å². The maximum atomic E-state index is 11.8. The van der Waals surface area contributed by atoms with Crippen molar-refractivity contribution in [2.45, 2.75) is 43.5 Å².